The lowest BCUT2D eigenvalue weighted by molar-refractivity contribution is 1.27. The average Bonchev–Trinajstić information content (AvgIpc) is 2.31. The van der Waals surface area contributed by atoms with Crippen molar-refractivity contribution in [1.82, 2.24) is 10.7 Å². The van der Waals surface area contributed by atoms with Gasteiger partial charge in [-0.25, -0.2) is 0 Å². The lowest BCUT2D eigenvalue weighted by Gasteiger charge is -1.29. The van der Waals surface area contributed by atoms with E-state index in [0.717, 1.165) is 0 Å². The number of nitrogens with one attached hydrogen (secondary N) is 2. The Morgan fingerprint density at radius 1 is 1.50 bits per heavy atom. The molecule has 1 saturated heterocycles. The van der Waals surface area contributed by atoms with Gasteiger partial charge in [0.25, 0.3) is 0 Å². The van der Waals surface area contributed by atoms with E-state index in [4.69, 9.17) is 0 Å². The molecule has 0 radical (unpaired) electrons. The predicted octanol–water partition coefficient (Wildman–Crippen LogP) is -0.878. The maximum Gasteiger partial charge on any atom is 0.129 e. The van der Waals surface area contributed by atoms with Crippen LogP contribution in [-0.2, 0) is 0 Å². The number of hydrazone groups is 1. The maximum absolute atomic E-state index is 3.38. The van der Waals surface area contributed by atoms with E-state index in [1.807, 2.05) is 0 Å². The zero-order valence-electron chi connectivity index (χ0n) is 3.44. The van der Waals surface area contributed by atoms with Gasteiger partial charge < -0.3 is 5.32 Å². The Balaban J connectivity index is 0.0000000600. The minimum Gasteiger partial charge on any atom is -0.314 e. The fraction of sp³-hybridized carbons (Fsp3) is 0.667. The first-order valence-corrected chi connectivity index (χ1v) is 1.98. The zero-order chi connectivity index (χ0) is 4.24. The summed E-state index contributed by atoms with van der Waals surface area (Å²) in [6.45, 7) is 2.50. The van der Waals surface area contributed by atoms with E-state index in [1.54, 1.807) is 6.34 Å². The van der Waals surface area contributed by atoms with Crippen LogP contribution in [-0.4, -0.2) is 19.4 Å². The number of rotatable bonds is 0. The maximum atomic E-state index is 3.38. The molecule has 0 aliphatic carbocycles. The fourth-order valence-electron chi connectivity index (χ4n) is 0. The summed E-state index contributed by atoms with van der Waals surface area (Å²) in [6, 6.07) is 0. The molecule has 3 heteroatoms. The third-order valence-corrected chi connectivity index (χ3v) is 0.379. The second-order valence-corrected chi connectivity index (χ2v) is 1.14. The molecule has 3 nitrogen and oxygen atoms in total. The van der Waals surface area contributed by atoms with Crippen LogP contribution in [0.15, 0.2) is 5.10 Å². The van der Waals surface area contributed by atoms with Gasteiger partial charge in [-0.2, -0.15) is 5.10 Å². The highest BCUT2D eigenvalue weighted by molar-refractivity contribution is 5.64. The van der Waals surface area contributed by atoms with Crippen molar-refractivity contribution in [2.75, 3.05) is 13.1 Å². The summed E-state index contributed by atoms with van der Waals surface area (Å²) in [6.07, 6.45) is 1.62. The third-order valence-electron chi connectivity index (χ3n) is 0.379. The molecule has 0 spiro atoms. The van der Waals surface area contributed by atoms with Gasteiger partial charge in [0, 0.05) is 13.1 Å². The van der Waals surface area contributed by atoms with E-state index in [9.17, 15) is 0 Å². The van der Waals surface area contributed by atoms with Crippen molar-refractivity contribution in [2.24, 2.45) is 5.10 Å². The zero-order valence-corrected chi connectivity index (χ0v) is 3.44. The molecule has 2 aliphatic heterocycles. The van der Waals surface area contributed by atoms with Gasteiger partial charge in [0.2, 0.25) is 0 Å². The molecule has 0 bridgehead atoms. The summed E-state index contributed by atoms with van der Waals surface area (Å²) in [4.78, 5) is 0. The average molecular weight is 85.1 g/mol. The molecule has 2 aliphatic rings. The summed E-state index contributed by atoms with van der Waals surface area (Å²) in [7, 11) is 0. The minimum atomic E-state index is 1.25. The normalized spacial score (nSPS) is 20.0. The Morgan fingerprint density at radius 3 is 1.83 bits per heavy atom. The molecule has 2 N–H and O–H groups in total. The van der Waals surface area contributed by atoms with Gasteiger partial charge in [0.1, 0.15) is 6.34 Å². The molecular formula is C3H7N3. The van der Waals surface area contributed by atoms with Crippen molar-refractivity contribution in [3.63, 3.8) is 0 Å². The highest BCUT2D eigenvalue weighted by Crippen LogP contribution is 1.65. The van der Waals surface area contributed by atoms with Gasteiger partial charge >= 0.3 is 0 Å². The van der Waals surface area contributed by atoms with Crippen LogP contribution in [0.3, 0.4) is 0 Å². The molecule has 0 aromatic heterocycles. The Hall–Kier alpha value is -0.570. The summed E-state index contributed by atoms with van der Waals surface area (Å²) in [5, 5.41) is 6.38. The first-order chi connectivity index (χ1) is 3.00. The van der Waals surface area contributed by atoms with Crippen molar-refractivity contribution in [3.05, 3.63) is 0 Å². The lowest BCUT2D eigenvalue weighted by atomic mass is 11.0. The van der Waals surface area contributed by atoms with Gasteiger partial charge in [0.15, 0.2) is 0 Å². The molecule has 2 rings (SSSR count). The van der Waals surface area contributed by atoms with Crippen molar-refractivity contribution in [3.8, 4) is 0 Å². The monoisotopic (exact) mass is 85.1 g/mol. The van der Waals surface area contributed by atoms with Crippen molar-refractivity contribution < 1.29 is 0 Å². The molecule has 0 aromatic carbocycles. The van der Waals surface area contributed by atoms with Gasteiger partial charge in [-0.05, 0) is 0 Å². The Kier molecular flexibility index (Phi) is 1.06. The molecule has 6 heavy (non-hydrogen) atoms. The highest BCUT2D eigenvalue weighted by atomic mass is 15.4. The molecule has 0 amide bonds. The van der Waals surface area contributed by atoms with E-state index in [1.165, 1.54) is 13.1 Å². The first-order valence-electron chi connectivity index (χ1n) is 1.98. The third kappa shape index (κ3) is 9.90. The summed E-state index contributed by atoms with van der Waals surface area (Å²) in [5.41, 5.74) is 2.50. The number of hydrogen-bond acceptors (Lipinski definition) is 3. The molecule has 2 heterocycles. The highest BCUT2D eigenvalue weighted by Gasteiger charge is 1.91. The van der Waals surface area contributed by atoms with E-state index in [-0.39, 0.29) is 0 Å². The van der Waals surface area contributed by atoms with Crippen molar-refractivity contribution >= 4 is 6.34 Å². The van der Waals surface area contributed by atoms with Crippen LogP contribution in [0.5, 0.6) is 0 Å². The van der Waals surface area contributed by atoms with E-state index >= 15 is 0 Å². The smallest absolute Gasteiger partial charge is 0.129 e. The second kappa shape index (κ2) is 1.77. The minimum absolute atomic E-state index is 1.25. The van der Waals surface area contributed by atoms with Crippen molar-refractivity contribution in [1.29, 1.82) is 0 Å². The van der Waals surface area contributed by atoms with Crippen LogP contribution in [0.4, 0.5) is 0 Å². The van der Waals surface area contributed by atoms with Gasteiger partial charge in [0.05, 0.1) is 0 Å². The van der Waals surface area contributed by atoms with E-state index in [2.05, 4.69) is 15.8 Å². The molecular weight excluding hydrogens is 78.1 g/mol. The van der Waals surface area contributed by atoms with Crippen LogP contribution in [0.2, 0.25) is 0 Å². The molecule has 1 fully saturated rings. The Labute approximate surface area is 36.4 Å². The standard InChI is InChI=1S/C2H5N.CH2N2/c2*1-2-3-1/h3H,1-2H2;1H,(H,2,3). The van der Waals surface area contributed by atoms with E-state index < -0.39 is 0 Å². The molecule has 0 aromatic rings. The van der Waals surface area contributed by atoms with Crippen LogP contribution < -0.4 is 10.7 Å². The van der Waals surface area contributed by atoms with Crippen molar-refractivity contribution in [2.45, 2.75) is 0 Å². The largest absolute Gasteiger partial charge is 0.314 e. The second-order valence-electron chi connectivity index (χ2n) is 1.14. The van der Waals surface area contributed by atoms with Gasteiger partial charge in [-0.1, -0.05) is 0 Å². The summed E-state index contributed by atoms with van der Waals surface area (Å²) in [5.74, 6) is 0. The quantitative estimate of drug-likeness (QED) is 0.375. The first kappa shape index (κ1) is 3.61. The van der Waals surface area contributed by atoms with Crippen LogP contribution >= 0.6 is 0 Å². The molecule has 34 valence electrons. The molecule has 0 saturated carbocycles. The number of hydrogen-bond donors (Lipinski definition) is 2. The van der Waals surface area contributed by atoms with Crippen LogP contribution in [0.25, 0.3) is 0 Å². The number of nitrogens with zero attached hydrogens (tertiary/aromatic N) is 1. The SMILES string of the molecule is C1=NN1.C1CN1. The molecule has 0 unspecified atom stereocenters. The van der Waals surface area contributed by atoms with Gasteiger partial charge in [-0.15, -0.1) is 0 Å². The fourth-order valence-corrected chi connectivity index (χ4v) is 0. The van der Waals surface area contributed by atoms with Crippen LogP contribution in [0.1, 0.15) is 0 Å². The summed E-state index contributed by atoms with van der Waals surface area (Å²) >= 11 is 0. The van der Waals surface area contributed by atoms with Gasteiger partial charge in [-0.3, -0.25) is 5.43 Å². The predicted molar refractivity (Wildman–Crippen MR) is 24.5 cm³/mol. The summed E-state index contributed by atoms with van der Waals surface area (Å²) < 4.78 is 0. The topological polar surface area (TPSA) is 56.2 Å². The van der Waals surface area contributed by atoms with E-state index in [0.29, 0.717) is 0 Å². The molecule has 0 atom stereocenters. The lowest BCUT2D eigenvalue weighted by Crippen LogP contribution is -1.61. The van der Waals surface area contributed by atoms with Crippen LogP contribution in [0, 0.1) is 0 Å². The Morgan fingerprint density at radius 2 is 1.83 bits per heavy atom. The Bertz CT molecular complexity index is 50.3.